The molecule has 0 saturated carbocycles. The number of ether oxygens (including phenoxy) is 1. The van der Waals surface area contributed by atoms with E-state index in [-0.39, 0.29) is 24.5 Å². The summed E-state index contributed by atoms with van der Waals surface area (Å²) in [6, 6.07) is 0.0240. The molecule has 1 atom stereocenters. The van der Waals surface area contributed by atoms with Gasteiger partial charge in [0.25, 0.3) is 0 Å². The van der Waals surface area contributed by atoms with Gasteiger partial charge in [-0.25, -0.2) is 0 Å². The van der Waals surface area contributed by atoms with Crippen molar-refractivity contribution >= 4 is 11.9 Å². The van der Waals surface area contributed by atoms with E-state index in [1.165, 1.54) is 0 Å². The number of amides is 1. The summed E-state index contributed by atoms with van der Waals surface area (Å²) in [7, 11) is 0. The fourth-order valence-electron chi connectivity index (χ4n) is 1.46. The molecule has 0 saturated heterocycles. The first kappa shape index (κ1) is 15.9. The van der Waals surface area contributed by atoms with Crippen molar-refractivity contribution in [2.75, 3.05) is 13.2 Å². The van der Waals surface area contributed by atoms with Crippen molar-refractivity contribution in [1.82, 2.24) is 4.90 Å². The number of carbonyl (C=O) groups is 2. The first-order chi connectivity index (χ1) is 7.92. The average molecular weight is 243 g/mol. The number of rotatable bonds is 7. The number of hydrogen-bond donors (Lipinski definition) is 0. The molecule has 100 valence electrons. The van der Waals surface area contributed by atoms with Crippen molar-refractivity contribution in [1.29, 1.82) is 0 Å². The Hall–Kier alpha value is -1.06. The lowest BCUT2D eigenvalue weighted by Crippen LogP contribution is -2.41. The van der Waals surface area contributed by atoms with Crippen LogP contribution in [0.2, 0.25) is 0 Å². The molecule has 17 heavy (non-hydrogen) atoms. The predicted molar refractivity (Wildman–Crippen MR) is 67.6 cm³/mol. The van der Waals surface area contributed by atoms with Crippen LogP contribution in [0.15, 0.2) is 0 Å². The Bertz CT molecular complexity index is 251. The molecule has 1 unspecified atom stereocenters. The van der Waals surface area contributed by atoms with Gasteiger partial charge in [0, 0.05) is 12.5 Å². The van der Waals surface area contributed by atoms with Gasteiger partial charge in [0.15, 0.2) is 0 Å². The molecule has 0 radical (unpaired) electrons. The van der Waals surface area contributed by atoms with E-state index in [0.29, 0.717) is 18.9 Å². The summed E-state index contributed by atoms with van der Waals surface area (Å²) in [5.74, 6) is 0.0482. The van der Waals surface area contributed by atoms with Gasteiger partial charge in [-0.1, -0.05) is 20.3 Å². The van der Waals surface area contributed by atoms with E-state index in [9.17, 15) is 9.59 Å². The van der Waals surface area contributed by atoms with Crippen LogP contribution in [-0.4, -0.2) is 36.0 Å². The monoisotopic (exact) mass is 243 g/mol. The quantitative estimate of drug-likeness (QED) is 0.644. The Morgan fingerprint density at radius 3 is 2.18 bits per heavy atom. The van der Waals surface area contributed by atoms with Crippen molar-refractivity contribution in [3.05, 3.63) is 0 Å². The number of carbonyl (C=O) groups excluding carboxylic acids is 2. The van der Waals surface area contributed by atoms with E-state index in [2.05, 4.69) is 6.92 Å². The van der Waals surface area contributed by atoms with Crippen LogP contribution in [0, 0.1) is 5.92 Å². The zero-order chi connectivity index (χ0) is 13.4. The molecule has 0 N–H and O–H groups in total. The van der Waals surface area contributed by atoms with Crippen molar-refractivity contribution in [3.8, 4) is 0 Å². The first-order valence-electron chi connectivity index (χ1n) is 6.37. The molecule has 0 aliphatic rings. The van der Waals surface area contributed by atoms with Crippen LogP contribution >= 0.6 is 0 Å². The van der Waals surface area contributed by atoms with Crippen LogP contribution in [-0.2, 0) is 14.3 Å². The molecule has 0 aliphatic carbocycles. The summed E-state index contributed by atoms with van der Waals surface area (Å²) in [4.78, 5) is 25.0. The molecule has 1 amide bonds. The second-order valence-electron chi connectivity index (χ2n) is 4.64. The standard InChI is InChI=1S/C13H25NO3/c1-6-11(5)8-12(15)14(10(3)4)9-13(16)17-7-2/h10-11H,6-9H2,1-5H3. The molecule has 0 heterocycles. The van der Waals surface area contributed by atoms with Crippen molar-refractivity contribution < 1.29 is 14.3 Å². The highest BCUT2D eigenvalue weighted by molar-refractivity contribution is 5.82. The van der Waals surface area contributed by atoms with Crippen LogP contribution in [0.5, 0.6) is 0 Å². The van der Waals surface area contributed by atoms with Crippen LogP contribution in [0.1, 0.15) is 47.5 Å². The van der Waals surface area contributed by atoms with E-state index >= 15 is 0 Å². The molecule has 0 rings (SSSR count). The summed E-state index contributed by atoms with van der Waals surface area (Å²) in [6.45, 7) is 10.1. The van der Waals surface area contributed by atoms with E-state index < -0.39 is 0 Å². The van der Waals surface area contributed by atoms with Crippen LogP contribution in [0.3, 0.4) is 0 Å². The Labute approximate surface area is 104 Å². The fourth-order valence-corrected chi connectivity index (χ4v) is 1.46. The van der Waals surface area contributed by atoms with Gasteiger partial charge >= 0.3 is 5.97 Å². The Morgan fingerprint density at radius 1 is 1.18 bits per heavy atom. The molecule has 4 nitrogen and oxygen atoms in total. The second-order valence-corrected chi connectivity index (χ2v) is 4.64. The summed E-state index contributed by atoms with van der Waals surface area (Å²) >= 11 is 0. The maximum atomic E-state index is 12.0. The highest BCUT2D eigenvalue weighted by atomic mass is 16.5. The van der Waals surface area contributed by atoms with E-state index in [0.717, 1.165) is 6.42 Å². The van der Waals surface area contributed by atoms with Gasteiger partial charge in [0.05, 0.1) is 6.61 Å². The normalized spacial score (nSPS) is 12.4. The van der Waals surface area contributed by atoms with Gasteiger partial charge in [0.1, 0.15) is 6.54 Å². The molecule has 0 aromatic heterocycles. The van der Waals surface area contributed by atoms with Crippen LogP contribution < -0.4 is 0 Å². The molecule has 0 aromatic carbocycles. The molecule has 0 bridgehead atoms. The van der Waals surface area contributed by atoms with Gasteiger partial charge in [-0.15, -0.1) is 0 Å². The van der Waals surface area contributed by atoms with Crippen molar-refractivity contribution in [2.24, 2.45) is 5.92 Å². The Balaban J connectivity index is 4.41. The minimum absolute atomic E-state index is 0.0240. The summed E-state index contributed by atoms with van der Waals surface area (Å²) in [6.07, 6.45) is 1.46. The number of esters is 1. The summed E-state index contributed by atoms with van der Waals surface area (Å²) < 4.78 is 4.87. The largest absolute Gasteiger partial charge is 0.465 e. The van der Waals surface area contributed by atoms with E-state index in [1.54, 1.807) is 11.8 Å². The molecule has 4 heteroatoms. The van der Waals surface area contributed by atoms with Gasteiger partial charge in [-0.3, -0.25) is 9.59 Å². The third kappa shape index (κ3) is 6.29. The summed E-state index contributed by atoms with van der Waals surface area (Å²) in [5, 5.41) is 0. The predicted octanol–water partition coefficient (Wildman–Crippen LogP) is 2.22. The highest BCUT2D eigenvalue weighted by Gasteiger charge is 2.21. The smallest absolute Gasteiger partial charge is 0.325 e. The summed E-state index contributed by atoms with van der Waals surface area (Å²) in [5.41, 5.74) is 0. The molecular formula is C13H25NO3. The average Bonchev–Trinajstić information content (AvgIpc) is 2.25. The minimum atomic E-state index is -0.335. The van der Waals surface area contributed by atoms with Crippen LogP contribution in [0.25, 0.3) is 0 Å². The molecule has 0 aromatic rings. The minimum Gasteiger partial charge on any atom is -0.465 e. The van der Waals surface area contributed by atoms with Gasteiger partial charge in [-0.2, -0.15) is 0 Å². The number of nitrogens with zero attached hydrogens (tertiary/aromatic N) is 1. The zero-order valence-electron chi connectivity index (χ0n) is 11.7. The lowest BCUT2D eigenvalue weighted by atomic mass is 10.0. The number of hydrogen-bond acceptors (Lipinski definition) is 3. The van der Waals surface area contributed by atoms with E-state index in [1.807, 2.05) is 20.8 Å². The lowest BCUT2D eigenvalue weighted by Gasteiger charge is -2.26. The third-order valence-electron chi connectivity index (χ3n) is 2.77. The van der Waals surface area contributed by atoms with Crippen molar-refractivity contribution in [2.45, 2.75) is 53.5 Å². The molecule has 0 fully saturated rings. The van der Waals surface area contributed by atoms with Gasteiger partial charge in [-0.05, 0) is 26.7 Å². The maximum absolute atomic E-state index is 12.0. The SMILES string of the molecule is CCOC(=O)CN(C(=O)CC(C)CC)C(C)C. The molecule has 0 spiro atoms. The van der Waals surface area contributed by atoms with E-state index in [4.69, 9.17) is 4.74 Å². The van der Waals surface area contributed by atoms with Crippen molar-refractivity contribution in [3.63, 3.8) is 0 Å². The Kier molecular flexibility index (Phi) is 7.59. The van der Waals surface area contributed by atoms with Gasteiger partial charge in [0.2, 0.25) is 5.91 Å². The zero-order valence-corrected chi connectivity index (χ0v) is 11.7. The molecule has 0 aliphatic heterocycles. The fraction of sp³-hybridized carbons (Fsp3) is 0.846. The van der Waals surface area contributed by atoms with Gasteiger partial charge < -0.3 is 9.64 Å². The third-order valence-corrected chi connectivity index (χ3v) is 2.77. The topological polar surface area (TPSA) is 46.6 Å². The lowest BCUT2D eigenvalue weighted by molar-refractivity contribution is -0.150. The van der Waals surface area contributed by atoms with Crippen LogP contribution in [0.4, 0.5) is 0 Å². The second kappa shape index (κ2) is 8.09. The first-order valence-corrected chi connectivity index (χ1v) is 6.37. The Morgan fingerprint density at radius 2 is 1.76 bits per heavy atom. The maximum Gasteiger partial charge on any atom is 0.325 e. The highest BCUT2D eigenvalue weighted by Crippen LogP contribution is 2.11. The molecular weight excluding hydrogens is 218 g/mol.